The van der Waals surface area contributed by atoms with Gasteiger partial charge in [0.15, 0.2) is 0 Å². The van der Waals surface area contributed by atoms with Crippen molar-refractivity contribution in [2.45, 2.75) is 50.3 Å². The van der Waals surface area contributed by atoms with Gasteiger partial charge in [0.05, 0.1) is 10.6 Å². The van der Waals surface area contributed by atoms with Gasteiger partial charge in [-0.25, -0.2) is 13.6 Å². The van der Waals surface area contributed by atoms with E-state index in [-0.39, 0.29) is 4.90 Å². The summed E-state index contributed by atoms with van der Waals surface area (Å²) in [5, 5.41) is 9.78. The maximum absolute atomic E-state index is 11.3. The van der Waals surface area contributed by atoms with Gasteiger partial charge in [-0.15, -0.1) is 0 Å². The fourth-order valence-corrected chi connectivity index (χ4v) is 6.06. The Morgan fingerprint density at radius 3 is 2.04 bits per heavy atom. The molecule has 1 aromatic carbocycles. The van der Waals surface area contributed by atoms with E-state index < -0.39 is 10.0 Å². The van der Waals surface area contributed by atoms with Crippen LogP contribution in [0, 0.1) is 23.2 Å². The van der Waals surface area contributed by atoms with Crippen LogP contribution in [-0.4, -0.2) is 14.1 Å². The molecule has 0 saturated heterocycles. The summed E-state index contributed by atoms with van der Waals surface area (Å²) in [6.45, 7) is 2.15. The van der Waals surface area contributed by atoms with E-state index in [9.17, 15) is 8.42 Å². The molecule has 0 amide bonds. The lowest BCUT2D eigenvalue weighted by Gasteiger charge is -2.56. The Balaban J connectivity index is 1.50. The second-order valence-electron chi connectivity index (χ2n) is 8.08. The van der Waals surface area contributed by atoms with Crippen molar-refractivity contribution >= 4 is 21.4 Å². The third-order valence-corrected chi connectivity index (χ3v) is 7.27. The van der Waals surface area contributed by atoms with Crippen LogP contribution in [0.1, 0.15) is 45.4 Å². The monoisotopic (exact) mass is 347 g/mol. The summed E-state index contributed by atoms with van der Waals surface area (Å²) in [6.07, 6.45) is 8.15. The van der Waals surface area contributed by atoms with Crippen LogP contribution in [0.25, 0.3) is 0 Å². The lowest BCUT2D eigenvalue weighted by atomic mass is 9.48. The van der Waals surface area contributed by atoms with Crippen LogP contribution in [0.4, 0.5) is 5.69 Å². The highest BCUT2D eigenvalue weighted by atomic mass is 32.2. The summed E-state index contributed by atoms with van der Waals surface area (Å²) in [7, 11) is -3.65. The number of nitrogens with zero attached hydrogens (tertiary/aromatic N) is 1. The number of hydrogen-bond donors (Lipinski definition) is 2. The molecule has 5 rings (SSSR count). The Morgan fingerprint density at radius 1 is 1.08 bits per heavy atom. The van der Waals surface area contributed by atoms with E-state index in [4.69, 9.17) is 5.14 Å². The van der Waals surface area contributed by atoms with Gasteiger partial charge in [-0.2, -0.15) is 5.10 Å². The van der Waals surface area contributed by atoms with Crippen molar-refractivity contribution in [3.05, 3.63) is 24.3 Å². The fourth-order valence-electron chi connectivity index (χ4n) is 5.54. The predicted molar refractivity (Wildman–Crippen MR) is 95.2 cm³/mol. The standard InChI is InChI=1S/C18H25N3O2S/c1-12(18-9-13-6-14(10-18)8-15(7-13)11-18)20-21-16-2-4-17(5-3-16)24(19,22)23/h2-5,13-15,21H,6-11H2,1H3,(H2,19,22,23). The average molecular weight is 347 g/mol. The average Bonchev–Trinajstić information content (AvgIpc) is 2.51. The summed E-state index contributed by atoms with van der Waals surface area (Å²) < 4.78 is 22.6. The zero-order valence-corrected chi connectivity index (χ0v) is 14.8. The highest BCUT2D eigenvalue weighted by Crippen LogP contribution is 2.60. The first-order chi connectivity index (χ1) is 11.3. The molecule has 5 nitrogen and oxygen atoms in total. The topological polar surface area (TPSA) is 84.5 Å². The SMILES string of the molecule is CC(=NNc1ccc(S(N)(=O)=O)cc1)C12CC3CC(CC(C3)C1)C2. The summed E-state index contributed by atoms with van der Waals surface area (Å²) in [6, 6.07) is 6.42. The second-order valence-corrected chi connectivity index (χ2v) is 9.64. The molecule has 4 fully saturated rings. The molecule has 0 atom stereocenters. The first-order valence-electron chi connectivity index (χ1n) is 8.78. The van der Waals surface area contributed by atoms with E-state index >= 15 is 0 Å². The third-order valence-electron chi connectivity index (χ3n) is 6.34. The number of nitrogens with two attached hydrogens (primary N) is 1. The molecule has 1 aromatic rings. The second kappa shape index (κ2) is 5.56. The molecule has 0 unspecified atom stereocenters. The van der Waals surface area contributed by atoms with Crippen molar-refractivity contribution in [3.63, 3.8) is 0 Å². The molecule has 24 heavy (non-hydrogen) atoms. The van der Waals surface area contributed by atoms with Crippen LogP contribution in [0.2, 0.25) is 0 Å². The van der Waals surface area contributed by atoms with Gasteiger partial charge in [0.1, 0.15) is 0 Å². The van der Waals surface area contributed by atoms with Gasteiger partial charge in [-0.05, 0) is 87.5 Å². The quantitative estimate of drug-likeness (QED) is 0.647. The smallest absolute Gasteiger partial charge is 0.238 e. The molecule has 0 spiro atoms. The zero-order valence-electron chi connectivity index (χ0n) is 14.0. The van der Waals surface area contributed by atoms with Crippen LogP contribution in [0.3, 0.4) is 0 Å². The van der Waals surface area contributed by atoms with Gasteiger partial charge < -0.3 is 0 Å². The molecule has 4 aliphatic rings. The summed E-state index contributed by atoms with van der Waals surface area (Å²) >= 11 is 0. The van der Waals surface area contributed by atoms with Crippen molar-refractivity contribution in [1.29, 1.82) is 0 Å². The number of sulfonamides is 1. The van der Waals surface area contributed by atoms with Crippen LogP contribution in [-0.2, 0) is 10.0 Å². The highest BCUT2D eigenvalue weighted by molar-refractivity contribution is 7.89. The van der Waals surface area contributed by atoms with E-state index in [1.54, 1.807) is 12.1 Å². The molecule has 0 heterocycles. The normalized spacial score (nSPS) is 35.2. The van der Waals surface area contributed by atoms with E-state index in [2.05, 4.69) is 17.5 Å². The minimum atomic E-state index is -3.65. The van der Waals surface area contributed by atoms with Gasteiger partial charge in [0.2, 0.25) is 10.0 Å². The number of benzene rings is 1. The molecule has 3 N–H and O–H groups in total. The maximum atomic E-state index is 11.3. The molecule has 4 saturated carbocycles. The fraction of sp³-hybridized carbons (Fsp3) is 0.611. The number of rotatable bonds is 4. The van der Waals surface area contributed by atoms with Gasteiger partial charge >= 0.3 is 0 Å². The largest absolute Gasteiger partial charge is 0.279 e. The minimum absolute atomic E-state index is 0.120. The Hall–Kier alpha value is -1.40. The number of hydrogen-bond acceptors (Lipinski definition) is 4. The first kappa shape index (κ1) is 16.1. The Labute approximate surface area is 143 Å². The van der Waals surface area contributed by atoms with Crippen LogP contribution in [0.15, 0.2) is 34.3 Å². The third kappa shape index (κ3) is 2.86. The van der Waals surface area contributed by atoms with Gasteiger partial charge in [-0.3, -0.25) is 5.43 Å². The van der Waals surface area contributed by atoms with Crippen molar-refractivity contribution in [1.82, 2.24) is 0 Å². The molecule has 4 aliphatic carbocycles. The van der Waals surface area contributed by atoms with E-state index in [1.165, 1.54) is 56.4 Å². The Morgan fingerprint density at radius 2 is 1.58 bits per heavy atom. The molecule has 0 radical (unpaired) electrons. The van der Waals surface area contributed by atoms with Crippen molar-refractivity contribution in [2.24, 2.45) is 33.4 Å². The van der Waals surface area contributed by atoms with Gasteiger partial charge in [0, 0.05) is 11.1 Å². The minimum Gasteiger partial charge on any atom is -0.279 e. The number of hydrazone groups is 1. The first-order valence-corrected chi connectivity index (χ1v) is 10.3. The number of primary sulfonamides is 1. The molecule has 6 heteroatoms. The summed E-state index contributed by atoms with van der Waals surface area (Å²) in [5.74, 6) is 2.70. The number of anilines is 1. The Kier molecular flexibility index (Phi) is 3.73. The van der Waals surface area contributed by atoms with Crippen LogP contribution in [0.5, 0.6) is 0 Å². The van der Waals surface area contributed by atoms with E-state index in [1.807, 2.05) is 0 Å². The molecule has 4 bridgehead atoms. The summed E-state index contributed by atoms with van der Waals surface area (Å²) in [4.78, 5) is 0.120. The van der Waals surface area contributed by atoms with Gasteiger partial charge in [-0.1, -0.05) is 0 Å². The molecular weight excluding hydrogens is 322 g/mol. The Bertz CT molecular complexity index is 733. The number of nitrogens with one attached hydrogen (secondary N) is 1. The maximum Gasteiger partial charge on any atom is 0.238 e. The predicted octanol–water partition coefficient (Wildman–Crippen LogP) is 3.34. The lowest BCUT2D eigenvalue weighted by molar-refractivity contribution is -0.0126. The zero-order chi connectivity index (χ0) is 16.9. The molecule has 0 aliphatic heterocycles. The van der Waals surface area contributed by atoms with Crippen molar-refractivity contribution in [3.8, 4) is 0 Å². The van der Waals surface area contributed by atoms with E-state index in [0.29, 0.717) is 5.41 Å². The highest BCUT2D eigenvalue weighted by Gasteiger charge is 2.52. The molecular formula is C18H25N3O2S. The molecule has 0 aromatic heterocycles. The van der Waals surface area contributed by atoms with Gasteiger partial charge in [0.25, 0.3) is 0 Å². The van der Waals surface area contributed by atoms with Crippen molar-refractivity contribution in [2.75, 3.05) is 5.43 Å². The summed E-state index contributed by atoms with van der Waals surface area (Å²) in [5.41, 5.74) is 5.38. The lowest BCUT2D eigenvalue weighted by Crippen LogP contribution is -2.49. The molecule has 130 valence electrons. The van der Waals surface area contributed by atoms with Crippen molar-refractivity contribution < 1.29 is 8.42 Å². The van der Waals surface area contributed by atoms with Crippen LogP contribution >= 0.6 is 0 Å². The van der Waals surface area contributed by atoms with Crippen LogP contribution < -0.4 is 10.6 Å². The van der Waals surface area contributed by atoms with E-state index in [0.717, 1.165) is 23.4 Å².